The van der Waals surface area contributed by atoms with E-state index in [1.54, 1.807) is 19.2 Å². The zero-order chi connectivity index (χ0) is 13.0. The van der Waals surface area contributed by atoms with E-state index in [2.05, 4.69) is 5.32 Å². The number of hydrogen-bond donors (Lipinski definition) is 2. The second kappa shape index (κ2) is 6.41. The number of aliphatic hydroxyl groups is 1. The van der Waals surface area contributed by atoms with E-state index < -0.39 is 6.10 Å². The summed E-state index contributed by atoms with van der Waals surface area (Å²) >= 11 is 6.09. The second-order valence-corrected chi connectivity index (χ2v) is 5.16. The molecule has 1 heterocycles. The van der Waals surface area contributed by atoms with E-state index in [0.717, 1.165) is 18.5 Å². The van der Waals surface area contributed by atoms with Crippen molar-refractivity contribution in [1.29, 1.82) is 0 Å². The molecule has 18 heavy (non-hydrogen) atoms. The number of methoxy groups -OCH3 is 1. The van der Waals surface area contributed by atoms with Gasteiger partial charge in [-0.1, -0.05) is 30.5 Å². The SMILES string of the molecule is COc1ccc(C(O)C2CCCCCN2)cc1Cl. The number of aliphatic hydroxyl groups excluding tert-OH is 1. The Labute approximate surface area is 113 Å². The van der Waals surface area contributed by atoms with Gasteiger partial charge < -0.3 is 15.2 Å². The van der Waals surface area contributed by atoms with Crippen LogP contribution in [0.25, 0.3) is 0 Å². The van der Waals surface area contributed by atoms with Crippen molar-refractivity contribution >= 4 is 11.6 Å². The predicted molar refractivity (Wildman–Crippen MR) is 73.2 cm³/mol. The average Bonchev–Trinajstić information content (AvgIpc) is 2.66. The molecular weight excluding hydrogens is 250 g/mol. The van der Waals surface area contributed by atoms with Crippen molar-refractivity contribution < 1.29 is 9.84 Å². The molecule has 0 amide bonds. The van der Waals surface area contributed by atoms with Gasteiger partial charge in [-0.3, -0.25) is 0 Å². The first-order chi connectivity index (χ1) is 8.72. The first-order valence-corrected chi connectivity index (χ1v) is 6.85. The highest BCUT2D eigenvalue weighted by molar-refractivity contribution is 6.32. The van der Waals surface area contributed by atoms with Crippen LogP contribution in [0.5, 0.6) is 5.75 Å². The molecular formula is C14H20ClNO2. The minimum atomic E-state index is -0.508. The van der Waals surface area contributed by atoms with E-state index >= 15 is 0 Å². The largest absolute Gasteiger partial charge is 0.495 e. The fourth-order valence-electron chi connectivity index (χ4n) is 2.42. The third kappa shape index (κ3) is 3.16. The number of rotatable bonds is 3. The Morgan fingerprint density at radius 3 is 2.94 bits per heavy atom. The summed E-state index contributed by atoms with van der Waals surface area (Å²) in [6.45, 7) is 0.978. The van der Waals surface area contributed by atoms with E-state index in [0.29, 0.717) is 10.8 Å². The Morgan fingerprint density at radius 2 is 2.22 bits per heavy atom. The summed E-state index contributed by atoms with van der Waals surface area (Å²) in [5.74, 6) is 0.640. The molecule has 0 spiro atoms. The summed E-state index contributed by atoms with van der Waals surface area (Å²) in [4.78, 5) is 0. The van der Waals surface area contributed by atoms with Crippen molar-refractivity contribution in [3.63, 3.8) is 0 Å². The lowest BCUT2D eigenvalue weighted by Crippen LogP contribution is -2.34. The number of ether oxygens (including phenoxy) is 1. The normalized spacial score (nSPS) is 22.3. The smallest absolute Gasteiger partial charge is 0.137 e. The molecule has 1 fully saturated rings. The standard InChI is InChI=1S/C14H20ClNO2/c1-18-13-7-6-10(9-11(13)15)14(17)12-5-3-2-4-8-16-12/h6-7,9,12,14,16-17H,2-5,8H2,1H3. The van der Waals surface area contributed by atoms with Crippen LogP contribution < -0.4 is 10.1 Å². The average molecular weight is 270 g/mol. The van der Waals surface area contributed by atoms with Crippen LogP contribution in [0.4, 0.5) is 0 Å². The molecule has 2 unspecified atom stereocenters. The highest BCUT2D eigenvalue weighted by atomic mass is 35.5. The Kier molecular flexibility index (Phi) is 4.87. The number of halogens is 1. The van der Waals surface area contributed by atoms with Crippen LogP contribution in [0, 0.1) is 0 Å². The van der Waals surface area contributed by atoms with Crippen LogP contribution in [0.15, 0.2) is 18.2 Å². The number of nitrogens with one attached hydrogen (secondary N) is 1. The van der Waals surface area contributed by atoms with Gasteiger partial charge in [-0.15, -0.1) is 0 Å². The van der Waals surface area contributed by atoms with E-state index in [9.17, 15) is 5.11 Å². The van der Waals surface area contributed by atoms with Crippen molar-refractivity contribution in [1.82, 2.24) is 5.32 Å². The van der Waals surface area contributed by atoms with Gasteiger partial charge in [0.15, 0.2) is 0 Å². The molecule has 0 radical (unpaired) electrons. The highest BCUT2D eigenvalue weighted by Gasteiger charge is 2.22. The molecule has 1 aromatic rings. The van der Waals surface area contributed by atoms with Gasteiger partial charge in [-0.05, 0) is 37.1 Å². The summed E-state index contributed by atoms with van der Waals surface area (Å²) < 4.78 is 5.12. The second-order valence-electron chi connectivity index (χ2n) is 4.75. The van der Waals surface area contributed by atoms with Crippen molar-refractivity contribution in [2.75, 3.05) is 13.7 Å². The maximum absolute atomic E-state index is 10.4. The van der Waals surface area contributed by atoms with Crippen molar-refractivity contribution in [2.45, 2.75) is 37.8 Å². The third-order valence-electron chi connectivity index (χ3n) is 3.50. The Morgan fingerprint density at radius 1 is 1.39 bits per heavy atom. The topological polar surface area (TPSA) is 41.5 Å². The summed E-state index contributed by atoms with van der Waals surface area (Å²) in [5.41, 5.74) is 0.847. The van der Waals surface area contributed by atoms with Crippen LogP contribution in [0.3, 0.4) is 0 Å². The van der Waals surface area contributed by atoms with E-state index in [1.165, 1.54) is 19.3 Å². The first kappa shape index (κ1) is 13.7. The van der Waals surface area contributed by atoms with E-state index in [4.69, 9.17) is 16.3 Å². The van der Waals surface area contributed by atoms with Crippen LogP contribution in [0.2, 0.25) is 5.02 Å². The summed E-state index contributed by atoms with van der Waals surface area (Å²) in [6.07, 6.45) is 4.08. The fourth-order valence-corrected chi connectivity index (χ4v) is 2.69. The summed E-state index contributed by atoms with van der Waals surface area (Å²) in [6, 6.07) is 5.59. The molecule has 0 saturated carbocycles. The quantitative estimate of drug-likeness (QED) is 0.887. The molecule has 1 aliphatic rings. The van der Waals surface area contributed by atoms with Crippen LogP contribution in [-0.2, 0) is 0 Å². The van der Waals surface area contributed by atoms with Crippen LogP contribution in [-0.4, -0.2) is 24.8 Å². The first-order valence-electron chi connectivity index (χ1n) is 6.47. The molecule has 0 aliphatic carbocycles. The lowest BCUT2D eigenvalue weighted by atomic mass is 9.98. The molecule has 1 aliphatic heterocycles. The highest BCUT2D eigenvalue weighted by Crippen LogP contribution is 2.30. The lowest BCUT2D eigenvalue weighted by molar-refractivity contribution is 0.126. The van der Waals surface area contributed by atoms with Gasteiger partial charge in [0, 0.05) is 6.04 Å². The fraction of sp³-hybridized carbons (Fsp3) is 0.571. The Bertz CT molecular complexity index is 389. The summed E-state index contributed by atoms with van der Waals surface area (Å²) in [5, 5.41) is 14.3. The summed E-state index contributed by atoms with van der Waals surface area (Å²) in [7, 11) is 1.59. The van der Waals surface area contributed by atoms with Crippen molar-refractivity contribution in [2.24, 2.45) is 0 Å². The van der Waals surface area contributed by atoms with Gasteiger partial charge in [0.2, 0.25) is 0 Å². The Balaban J connectivity index is 2.11. The van der Waals surface area contributed by atoms with Gasteiger partial charge in [0.25, 0.3) is 0 Å². The maximum Gasteiger partial charge on any atom is 0.137 e. The molecule has 2 N–H and O–H groups in total. The van der Waals surface area contributed by atoms with Gasteiger partial charge in [-0.25, -0.2) is 0 Å². The molecule has 100 valence electrons. The third-order valence-corrected chi connectivity index (χ3v) is 3.79. The lowest BCUT2D eigenvalue weighted by Gasteiger charge is -2.23. The monoisotopic (exact) mass is 269 g/mol. The van der Waals surface area contributed by atoms with Gasteiger partial charge in [0.1, 0.15) is 5.75 Å². The van der Waals surface area contributed by atoms with Gasteiger partial charge >= 0.3 is 0 Å². The predicted octanol–water partition coefficient (Wildman–Crippen LogP) is 2.91. The minimum Gasteiger partial charge on any atom is -0.495 e. The molecule has 1 saturated heterocycles. The number of hydrogen-bond acceptors (Lipinski definition) is 3. The van der Waals surface area contributed by atoms with Crippen LogP contribution >= 0.6 is 11.6 Å². The molecule has 2 atom stereocenters. The van der Waals surface area contributed by atoms with Crippen molar-refractivity contribution in [3.8, 4) is 5.75 Å². The minimum absolute atomic E-state index is 0.122. The molecule has 0 aromatic heterocycles. The van der Waals surface area contributed by atoms with E-state index in [-0.39, 0.29) is 6.04 Å². The number of benzene rings is 1. The Hall–Kier alpha value is -0.770. The molecule has 0 bridgehead atoms. The molecule has 3 nitrogen and oxygen atoms in total. The molecule has 1 aromatic carbocycles. The molecule has 4 heteroatoms. The van der Waals surface area contributed by atoms with Gasteiger partial charge in [-0.2, -0.15) is 0 Å². The maximum atomic E-state index is 10.4. The van der Waals surface area contributed by atoms with Crippen LogP contribution in [0.1, 0.15) is 37.4 Å². The van der Waals surface area contributed by atoms with E-state index in [1.807, 2.05) is 6.07 Å². The zero-order valence-electron chi connectivity index (χ0n) is 10.7. The molecule has 2 rings (SSSR count). The van der Waals surface area contributed by atoms with Crippen molar-refractivity contribution in [3.05, 3.63) is 28.8 Å². The van der Waals surface area contributed by atoms with Gasteiger partial charge in [0.05, 0.1) is 18.2 Å². The zero-order valence-corrected chi connectivity index (χ0v) is 11.4.